The molecule has 1 fully saturated rings. The van der Waals surface area contributed by atoms with Crippen LogP contribution in [0.5, 0.6) is 5.88 Å². The molecule has 1 aliphatic rings. The lowest BCUT2D eigenvalue weighted by Crippen LogP contribution is -2.35. The van der Waals surface area contributed by atoms with E-state index in [1.807, 2.05) is 0 Å². The van der Waals surface area contributed by atoms with Crippen LogP contribution in [0.1, 0.15) is 37.5 Å². The zero-order valence-corrected chi connectivity index (χ0v) is 12.7. The topological polar surface area (TPSA) is 61.0 Å². The molecule has 2 atom stereocenters. The van der Waals surface area contributed by atoms with Crippen molar-refractivity contribution < 1.29 is 4.74 Å². The largest absolute Gasteiger partial charge is 0.473 e. The molecule has 0 radical (unpaired) electrons. The van der Waals surface area contributed by atoms with Gasteiger partial charge in [0.15, 0.2) is 0 Å². The minimum absolute atomic E-state index is 0.205. The zero-order chi connectivity index (χ0) is 13.9. The average molecular weight is 291 g/mol. The van der Waals surface area contributed by atoms with Crippen LogP contribution in [-0.2, 0) is 6.42 Å². The van der Waals surface area contributed by atoms with Gasteiger partial charge in [-0.25, -0.2) is 9.97 Å². The number of aryl methyl sites for hydroxylation is 1. The Morgan fingerprint density at radius 3 is 3.00 bits per heavy atom. The number of fused-ring (bicyclic) bond motifs is 1. The van der Waals surface area contributed by atoms with Gasteiger partial charge in [-0.3, -0.25) is 0 Å². The summed E-state index contributed by atoms with van der Waals surface area (Å²) in [6.45, 7) is 2.85. The lowest BCUT2D eigenvalue weighted by atomic mass is 9.86. The molecule has 0 aromatic carbocycles. The van der Waals surface area contributed by atoms with Gasteiger partial charge >= 0.3 is 0 Å². The predicted molar refractivity (Wildman–Crippen MR) is 82.2 cm³/mol. The second-order valence-corrected chi connectivity index (χ2v) is 6.52. The fraction of sp³-hybridized carbons (Fsp3) is 0.600. The fourth-order valence-electron chi connectivity index (χ4n) is 2.89. The van der Waals surface area contributed by atoms with Crippen molar-refractivity contribution in [3.63, 3.8) is 0 Å². The molecule has 2 N–H and O–H groups in total. The van der Waals surface area contributed by atoms with Gasteiger partial charge in [-0.2, -0.15) is 0 Å². The smallest absolute Gasteiger partial charge is 0.225 e. The van der Waals surface area contributed by atoms with E-state index in [0.717, 1.165) is 28.9 Å². The van der Waals surface area contributed by atoms with Crippen molar-refractivity contribution in [1.82, 2.24) is 9.97 Å². The number of hydrogen-bond donors (Lipinski definition) is 1. The Morgan fingerprint density at radius 1 is 1.35 bits per heavy atom. The van der Waals surface area contributed by atoms with Crippen LogP contribution in [0.4, 0.5) is 0 Å². The van der Waals surface area contributed by atoms with Crippen LogP contribution in [0.3, 0.4) is 0 Å². The first-order valence-electron chi connectivity index (χ1n) is 7.42. The van der Waals surface area contributed by atoms with Crippen molar-refractivity contribution in [2.45, 2.75) is 45.1 Å². The molecule has 2 aromatic heterocycles. The van der Waals surface area contributed by atoms with Gasteiger partial charge in [0.05, 0.1) is 5.39 Å². The molecule has 0 bridgehead atoms. The second-order valence-electron chi connectivity index (χ2n) is 5.40. The fourth-order valence-corrected chi connectivity index (χ4v) is 3.82. The summed E-state index contributed by atoms with van der Waals surface area (Å²) in [7, 11) is 0. The van der Waals surface area contributed by atoms with Crippen LogP contribution in [0.2, 0.25) is 0 Å². The molecule has 2 heterocycles. The van der Waals surface area contributed by atoms with Crippen molar-refractivity contribution in [2.24, 2.45) is 11.7 Å². The van der Waals surface area contributed by atoms with Crippen LogP contribution < -0.4 is 10.5 Å². The summed E-state index contributed by atoms with van der Waals surface area (Å²) in [5.74, 6) is 1.19. The monoisotopic (exact) mass is 291 g/mol. The number of hydrogen-bond acceptors (Lipinski definition) is 5. The molecule has 5 heteroatoms. The summed E-state index contributed by atoms with van der Waals surface area (Å²) in [6, 6.07) is 2.16. The molecular weight excluding hydrogens is 270 g/mol. The van der Waals surface area contributed by atoms with E-state index in [-0.39, 0.29) is 6.10 Å². The van der Waals surface area contributed by atoms with Gasteiger partial charge in [-0.05, 0) is 38.3 Å². The molecule has 0 spiro atoms. The summed E-state index contributed by atoms with van der Waals surface area (Å²) in [5.41, 5.74) is 5.87. The third-order valence-corrected chi connectivity index (χ3v) is 5.28. The molecule has 3 rings (SSSR count). The highest BCUT2D eigenvalue weighted by Gasteiger charge is 2.26. The van der Waals surface area contributed by atoms with E-state index in [0.29, 0.717) is 12.5 Å². The first kappa shape index (κ1) is 13.8. The predicted octanol–water partition coefficient (Wildman–Crippen LogP) is 3.15. The molecule has 1 aliphatic carbocycles. The molecular formula is C15H21N3OS. The van der Waals surface area contributed by atoms with E-state index in [2.05, 4.69) is 23.0 Å². The Kier molecular flexibility index (Phi) is 4.17. The molecule has 2 aromatic rings. The summed E-state index contributed by atoms with van der Waals surface area (Å²) < 4.78 is 6.21. The van der Waals surface area contributed by atoms with Gasteiger partial charge < -0.3 is 10.5 Å². The Morgan fingerprint density at radius 2 is 2.20 bits per heavy atom. The number of rotatable bonds is 4. The Bertz CT molecular complexity index is 584. The molecule has 0 amide bonds. The van der Waals surface area contributed by atoms with Crippen molar-refractivity contribution in [3.05, 3.63) is 17.3 Å². The third kappa shape index (κ3) is 2.65. The zero-order valence-electron chi connectivity index (χ0n) is 11.8. The maximum atomic E-state index is 6.21. The normalized spacial score (nSPS) is 23.1. The summed E-state index contributed by atoms with van der Waals surface area (Å²) in [6.07, 6.45) is 7.57. The Labute approximate surface area is 123 Å². The molecule has 4 nitrogen and oxygen atoms in total. The lowest BCUT2D eigenvalue weighted by molar-refractivity contribution is 0.0939. The number of nitrogens with zero attached hydrogens (tertiary/aromatic N) is 2. The van der Waals surface area contributed by atoms with Crippen molar-refractivity contribution in [2.75, 3.05) is 6.54 Å². The van der Waals surface area contributed by atoms with E-state index < -0.39 is 0 Å². The van der Waals surface area contributed by atoms with Crippen LogP contribution in [0, 0.1) is 5.92 Å². The van der Waals surface area contributed by atoms with Gasteiger partial charge in [0, 0.05) is 10.8 Å². The van der Waals surface area contributed by atoms with Gasteiger partial charge in [0.2, 0.25) is 5.88 Å². The number of nitrogens with two attached hydrogens (primary N) is 1. The number of ether oxygens (including phenoxy) is 1. The van der Waals surface area contributed by atoms with E-state index in [1.54, 1.807) is 17.7 Å². The van der Waals surface area contributed by atoms with Crippen molar-refractivity contribution >= 4 is 21.6 Å². The SMILES string of the molecule is CCc1cc2c(OC3CCCCC3CN)ncnc2s1. The highest BCUT2D eigenvalue weighted by atomic mass is 32.1. The van der Waals surface area contributed by atoms with E-state index >= 15 is 0 Å². The molecule has 108 valence electrons. The molecule has 0 saturated heterocycles. The molecule has 0 aliphatic heterocycles. The van der Waals surface area contributed by atoms with Crippen LogP contribution >= 0.6 is 11.3 Å². The van der Waals surface area contributed by atoms with Crippen LogP contribution in [-0.4, -0.2) is 22.6 Å². The van der Waals surface area contributed by atoms with E-state index in [4.69, 9.17) is 10.5 Å². The van der Waals surface area contributed by atoms with Crippen molar-refractivity contribution in [3.8, 4) is 5.88 Å². The highest BCUT2D eigenvalue weighted by Crippen LogP contribution is 2.33. The minimum Gasteiger partial charge on any atom is -0.473 e. The van der Waals surface area contributed by atoms with Gasteiger partial charge in [-0.1, -0.05) is 13.3 Å². The maximum Gasteiger partial charge on any atom is 0.225 e. The standard InChI is InChI=1S/C15H21N3OS/c1-2-11-7-12-14(17-9-18-15(12)20-11)19-13-6-4-3-5-10(13)8-16/h7,9-10,13H,2-6,8,16H2,1H3. The molecule has 20 heavy (non-hydrogen) atoms. The molecule has 2 unspecified atom stereocenters. The van der Waals surface area contributed by atoms with E-state index in [1.165, 1.54) is 24.1 Å². The lowest BCUT2D eigenvalue weighted by Gasteiger charge is -2.30. The van der Waals surface area contributed by atoms with E-state index in [9.17, 15) is 0 Å². The number of aromatic nitrogens is 2. The van der Waals surface area contributed by atoms with Gasteiger partial charge in [-0.15, -0.1) is 11.3 Å². The van der Waals surface area contributed by atoms with Gasteiger partial charge in [0.25, 0.3) is 0 Å². The summed E-state index contributed by atoms with van der Waals surface area (Å²) in [5, 5.41) is 1.05. The first-order valence-corrected chi connectivity index (χ1v) is 8.23. The third-order valence-electron chi connectivity index (χ3n) is 4.10. The van der Waals surface area contributed by atoms with Crippen LogP contribution in [0.25, 0.3) is 10.2 Å². The Hall–Kier alpha value is -1.20. The minimum atomic E-state index is 0.205. The summed E-state index contributed by atoms with van der Waals surface area (Å²) >= 11 is 1.72. The van der Waals surface area contributed by atoms with Gasteiger partial charge in [0.1, 0.15) is 17.3 Å². The quantitative estimate of drug-likeness (QED) is 0.940. The Balaban J connectivity index is 1.87. The number of thiophene rings is 1. The van der Waals surface area contributed by atoms with Crippen LogP contribution in [0.15, 0.2) is 12.4 Å². The highest BCUT2D eigenvalue weighted by molar-refractivity contribution is 7.18. The molecule has 1 saturated carbocycles. The second kappa shape index (κ2) is 6.06. The van der Waals surface area contributed by atoms with Crippen molar-refractivity contribution in [1.29, 1.82) is 0 Å². The first-order chi connectivity index (χ1) is 9.81. The average Bonchev–Trinajstić information content (AvgIpc) is 2.92. The summed E-state index contributed by atoms with van der Waals surface area (Å²) in [4.78, 5) is 11.0. The maximum absolute atomic E-state index is 6.21.